The Morgan fingerprint density at radius 2 is 1.76 bits per heavy atom. The first-order valence-electron chi connectivity index (χ1n) is 9.25. The fraction of sp³-hybridized carbons (Fsp3) is 0.286. The number of rotatable bonds is 9. The Balaban J connectivity index is 1.92. The van der Waals surface area contributed by atoms with Crippen LogP contribution >= 0.6 is 12.2 Å². The molecule has 2 amide bonds. The predicted octanol–water partition coefficient (Wildman–Crippen LogP) is 2.52. The summed E-state index contributed by atoms with van der Waals surface area (Å²) in [5.74, 6) is 0.0347. The Kier molecular flexibility index (Phi) is 9.07. The summed E-state index contributed by atoms with van der Waals surface area (Å²) in [6.07, 6.45) is 0.304. The molecule has 3 N–H and O–H groups in total. The summed E-state index contributed by atoms with van der Waals surface area (Å²) in [5.41, 5.74) is 1.97. The van der Waals surface area contributed by atoms with Crippen LogP contribution in [0.4, 0.5) is 5.69 Å². The van der Waals surface area contributed by atoms with Gasteiger partial charge in [-0.3, -0.25) is 14.9 Å². The molecule has 0 fully saturated rings. The maximum absolute atomic E-state index is 12.6. The standard InChI is InChI=1S/C21H25N3O4S/c1-3-27-12-13-28-18-7-5-4-6-17(18)20(26)24-21(29)23-16-10-8-15(9-11-16)14-19(25)22-2/h4-11H,3,12-14H2,1-2H3,(H,22,25)(H2,23,24,26,29). The number of anilines is 1. The molecular weight excluding hydrogens is 390 g/mol. The zero-order chi connectivity index (χ0) is 21.1. The molecule has 0 aliphatic heterocycles. The number of carbonyl (C=O) groups excluding carboxylic acids is 2. The fourth-order valence-corrected chi connectivity index (χ4v) is 2.66. The third kappa shape index (κ3) is 7.52. The van der Waals surface area contributed by atoms with Crippen molar-refractivity contribution >= 4 is 34.8 Å². The Morgan fingerprint density at radius 1 is 1.03 bits per heavy atom. The number of hydrogen-bond donors (Lipinski definition) is 3. The van der Waals surface area contributed by atoms with Gasteiger partial charge in [-0.1, -0.05) is 24.3 Å². The number of carbonyl (C=O) groups is 2. The first-order valence-corrected chi connectivity index (χ1v) is 9.65. The van der Waals surface area contributed by atoms with Crippen molar-refractivity contribution in [3.05, 3.63) is 59.7 Å². The Labute approximate surface area is 175 Å². The van der Waals surface area contributed by atoms with Crippen LogP contribution in [-0.4, -0.2) is 43.8 Å². The van der Waals surface area contributed by atoms with Gasteiger partial charge in [-0.05, 0) is 49.0 Å². The van der Waals surface area contributed by atoms with Crippen LogP contribution in [0.15, 0.2) is 48.5 Å². The van der Waals surface area contributed by atoms with E-state index in [1.165, 1.54) is 0 Å². The Hall–Kier alpha value is -2.97. The highest BCUT2D eigenvalue weighted by molar-refractivity contribution is 7.80. The first-order chi connectivity index (χ1) is 14.0. The van der Waals surface area contributed by atoms with Crippen molar-refractivity contribution in [1.29, 1.82) is 0 Å². The van der Waals surface area contributed by atoms with Gasteiger partial charge in [0.25, 0.3) is 5.91 Å². The summed E-state index contributed by atoms with van der Waals surface area (Å²) in [4.78, 5) is 24.0. The number of hydrogen-bond acceptors (Lipinski definition) is 5. The Morgan fingerprint density at radius 3 is 2.45 bits per heavy atom. The summed E-state index contributed by atoms with van der Waals surface area (Å²) in [6, 6.07) is 14.2. The van der Waals surface area contributed by atoms with E-state index in [4.69, 9.17) is 21.7 Å². The summed E-state index contributed by atoms with van der Waals surface area (Å²) in [5, 5.41) is 8.35. The van der Waals surface area contributed by atoms with E-state index in [2.05, 4.69) is 16.0 Å². The van der Waals surface area contributed by atoms with Crippen molar-refractivity contribution < 1.29 is 19.1 Å². The van der Waals surface area contributed by atoms with Gasteiger partial charge < -0.3 is 20.1 Å². The second kappa shape index (κ2) is 11.8. The third-order valence-corrected chi connectivity index (χ3v) is 4.11. The van der Waals surface area contributed by atoms with Gasteiger partial charge in [0.1, 0.15) is 12.4 Å². The average molecular weight is 416 g/mol. The average Bonchev–Trinajstić information content (AvgIpc) is 2.72. The van der Waals surface area contributed by atoms with Crippen LogP contribution in [0.25, 0.3) is 0 Å². The minimum atomic E-state index is -0.370. The number of likely N-dealkylation sites (N-methyl/N-ethyl adjacent to an activating group) is 1. The van der Waals surface area contributed by atoms with Crippen molar-refractivity contribution in [3.63, 3.8) is 0 Å². The predicted molar refractivity (Wildman–Crippen MR) is 116 cm³/mol. The molecule has 2 aromatic rings. The normalized spacial score (nSPS) is 10.1. The van der Waals surface area contributed by atoms with Gasteiger partial charge in [0, 0.05) is 19.3 Å². The highest BCUT2D eigenvalue weighted by Crippen LogP contribution is 2.18. The van der Waals surface area contributed by atoms with Gasteiger partial charge in [0.2, 0.25) is 5.91 Å². The number of thiocarbonyl (C=S) groups is 1. The second-order valence-electron chi connectivity index (χ2n) is 6.00. The molecule has 0 saturated carbocycles. The van der Waals surface area contributed by atoms with Gasteiger partial charge in [0.15, 0.2) is 5.11 Å². The minimum Gasteiger partial charge on any atom is -0.490 e. The van der Waals surface area contributed by atoms with Crippen molar-refractivity contribution in [2.24, 2.45) is 0 Å². The third-order valence-electron chi connectivity index (χ3n) is 3.90. The van der Waals surface area contributed by atoms with E-state index in [9.17, 15) is 9.59 Å². The molecule has 2 rings (SSSR count). The Bertz CT molecular complexity index is 840. The van der Waals surface area contributed by atoms with Crippen molar-refractivity contribution in [3.8, 4) is 5.75 Å². The molecule has 2 aromatic carbocycles. The highest BCUT2D eigenvalue weighted by Gasteiger charge is 2.13. The number of para-hydroxylation sites is 1. The quantitative estimate of drug-likeness (QED) is 0.431. The molecule has 154 valence electrons. The minimum absolute atomic E-state index is 0.0596. The molecule has 0 aliphatic rings. The molecule has 8 heteroatoms. The van der Waals surface area contributed by atoms with Crippen molar-refractivity contribution in [1.82, 2.24) is 10.6 Å². The molecule has 29 heavy (non-hydrogen) atoms. The van der Waals surface area contributed by atoms with E-state index in [1.807, 2.05) is 19.1 Å². The smallest absolute Gasteiger partial charge is 0.261 e. The van der Waals surface area contributed by atoms with E-state index < -0.39 is 0 Å². The molecule has 0 aliphatic carbocycles. The number of benzene rings is 2. The molecule has 0 saturated heterocycles. The van der Waals surface area contributed by atoms with Crippen LogP contribution < -0.4 is 20.7 Å². The van der Waals surface area contributed by atoms with Crippen LogP contribution in [0.5, 0.6) is 5.75 Å². The summed E-state index contributed by atoms with van der Waals surface area (Å²) in [6.45, 7) is 3.31. The molecule has 0 radical (unpaired) electrons. The topological polar surface area (TPSA) is 88.7 Å². The summed E-state index contributed by atoms with van der Waals surface area (Å²) >= 11 is 5.23. The molecular formula is C21H25N3O4S. The molecule has 0 heterocycles. The van der Waals surface area contributed by atoms with E-state index in [0.717, 1.165) is 5.56 Å². The molecule has 0 spiro atoms. The van der Waals surface area contributed by atoms with Crippen molar-refractivity contribution in [2.45, 2.75) is 13.3 Å². The summed E-state index contributed by atoms with van der Waals surface area (Å²) < 4.78 is 10.9. The number of ether oxygens (including phenoxy) is 2. The lowest BCUT2D eigenvalue weighted by atomic mass is 10.1. The SMILES string of the molecule is CCOCCOc1ccccc1C(=O)NC(=S)Nc1ccc(CC(=O)NC)cc1. The second-order valence-corrected chi connectivity index (χ2v) is 6.40. The van der Waals surface area contributed by atoms with Crippen LogP contribution in [0, 0.1) is 0 Å². The largest absolute Gasteiger partial charge is 0.490 e. The zero-order valence-corrected chi connectivity index (χ0v) is 17.3. The monoisotopic (exact) mass is 415 g/mol. The first kappa shape index (κ1) is 22.3. The van der Waals surface area contributed by atoms with Crippen molar-refractivity contribution in [2.75, 3.05) is 32.2 Å². The van der Waals surface area contributed by atoms with E-state index in [0.29, 0.717) is 43.2 Å². The van der Waals surface area contributed by atoms with E-state index in [1.54, 1.807) is 43.4 Å². The van der Waals surface area contributed by atoms with Crippen LogP contribution in [0.2, 0.25) is 0 Å². The molecule has 0 atom stereocenters. The molecule has 0 aromatic heterocycles. The van der Waals surface area contributed by atoms with Gasteiger partial charge >= 0.3 is 0 Å². The van der Waals surface area contributed by atoms with E-state index in [-0.39, 0.29) is 16.9 Å². The molecule has 0 unspecified atom stereocenters. The van der Waals surface area contributed by atoms with Gasteiger partial charge in [-0.2, -0.15) is 0 Å². The lowest BCUT2D eigenvalue weighted by Gasteiger charge is -2.13. The number of amides is 2. The van der Waals surface area contributed by atoms with Crippen LogP contribution in [-0.2, 0) is 16.0 Å². The maximum Gasteiger partial charge on any atom is 0.261 e. The lowest BCUT2D eigenvalue weighted by molar-refractivity contribution is -0.119. The van der Waals surface area contributed by atoms with Gasteiger partial charge in [-0.25, -0.2) is 0 Å². The van der Waals surface area contributed by atoms with E-state index >= 15 is 0 Å². The lowest BCUT2D eigenvalue weighted by Crippen LogP contribution is -2.34. The number of nitrogens with one attached hydrogen (secondary N) is 3. The molecule has 7 nitrogen and oxygen atoms in total. The maximum atomic E-state index is 12.6. The fourth-order valence-electron chi connectivity index (χ4n) is 2.45. The van der Waals surface area contributed by atoms with Crippen LogP contribution in [0.3, 0.4) is 0 Å². The molecule has 0 bridgehead atoms. The van der Waals surface area contributed by atoms with Gasteiger partial charge in [-0.15, -0.1) is 0 Å². The van der Waals surface area contributed by atoms with Gasteiger partial charge in [0.05, 0.1) is 18.6 Å². The highest BCUT2D eigenvalue weighted by atomic mass is 32.1. The zero-order valence-electron chi connectivity index (χ0n) is 16.5. The van der Waals surface area contributed by atoms with Crippen LogP contribution in [0.1, 0.15) is 22.8 Å². The summed E-state index contributed by atoms with van der Waals surface area (Å²) in [7, 11) is 1.60.